The highest BCUT2D eigenvalue weighted by Crippen LogP contribution is 2.24. The molecule has 1 aromatic heterocycles. The summed E-state index contributed by atoms with van der Waals surface area (Å²) in [4.78, 5) is 29.2. The average Bonchev–Trinajstić information content (AvgIpc) is 3.13. The van der Waals surface area contributed by atoms with Crippen LogP contribution in [0, 0.1) is 11.3 Å². The van der Waals surface area contributed by atoms with E-state index in [0.717, 1.165) is 16.5 Å². The molecule has 3 aromatic rings. The maximum absolute atomic E-state index is 12.4. The average molecular weight is 315 g/mol. The highest BCUT2D eigenvalue weighted by Gasteiger charge is 2.34. The van der Waals surface area contributed by atoms with Gasteiger partial charge in [0, 0.05) is 23.6 Å². The lowest BCUT2D eigenvalue weighted by atomic mass is 10.1. The highest BCUT2D eigenvalue weighted by atomic mass is 16.2. The quantitative estimate of drug-likeness (QED) is 0.755. The fourth-order valence-electron chi connectivity index (χ4n) is 3.13. The minimum absolute atomic E-state index is 0.242. The smallest absolute Gasteiger partial charge is 0.261 e. The van der Waals surface area contributed by atoms with E-state index in [1.807, 2.05) is 18.3 Å². The van der Waals surface area contributed by atoms with Crippen molar-refractivity contribution in [2.75, 3.05) is 6.54 Å². The Kier molecular flexibility index (Phi) is 3.17. The fraction of sp³-hybridized carbons (Fsp3) is 0.105. The molecule has 1 aliphatic heterocycles. The van der Waals surface area contributed by atoms with Crippen molar-refractivity contribution in [3.63, 3.8) is 0 Å². The van der Waals surface area contributed by atoms with Crippen LogP contribution in [-0.2, 0) is 6.42 Å². The zero-order chi connectivity index (χ0) is 16.7. The van der Waals surface area contributed by atoms with Crippen molar-refractivity contribution in [2.24, 2.45) is 0 Å². The van der Waals surface area contributed by atoms with Gasteiger partial charge in [0.05, 0.1) is 22.8 Å². The molecule has 5 heteroatoms. The molecule has 24 heavy (non-hydrogen) atoms. The number of aromatic amines is 1. The van der Waals surface area contributed by atoms with Crippen LogP contribution in [0.25, 0.3) is 10.9 Å². The van der Waals surface area contributed by atoms with Crippen molar-refractivity contribution >= 4 is 22.7 Å². The Balaban J connectivity index is 1.59. The topological polar surface area (TPSA) is 77.0 Å². The van der Waals surface area contributed by atoms with Crippen LogP contribution in [0.15, 0.2) is 48.7 Å². The summed E-state index contributed by atoms with van der Waals surface area (Å²) in [6.07, 6.45) is 2.41. The van der Waals surface area contributed by atoms with E-state index in [9.17, 15) is 9.59 Å². The second kappa shape index (κ2) is 5.36. The summed E-state index contributed by atoms with van der Waals surface area (Å²) in [7, 11) is 0. The van der Waals surface area contributed by atoms with Crippen molar-refractivity contribution in [3.8, 4) is 6.07 Å². The Morgan fingerprint density at radius 3 is 2.42 bits per heavy atom. The third kappa shape index (κ3) is 2.09. The van der Waals surface area contributed by atoms with Crippen LogP contribution >= 0.6 is 0 Å². The number of hydrogen-bond donors (Lipinski definition) is 1. The molecular formula is C19H13N3O2. The molecule has 0 radical (unpaired) electrons. The van der Waals surface area contributed by atoms with Gasteiger partial charge in [-0.3, -0.25) is 14.5 Å². The van der Waals surface area contributed by atoms with E-state index in [1.165, 1.54) is 4.90 Å². The van der Waals surface area contributed by atoms with Gasteiger partial charge in [0.15, 0.2) is 0 Å². The summed E-state index contributed by atoms with van der Waals surface area (Å²) in [5.41, 5.74) is 3.44. The van der Waals surface area contributed by atoms with Gasteiger partial charge in [-0.05, 0) is 42.3 Å². The SMILES string of the molecule is N#Cc1ccc2[nH]cc(CCN3C(=O)c4ccccc4C3=O)c2c1. The van der Waals surface area contributed by atoms with E-state index < -0.39 is 0 Å². The first kappa shape index (κ1) is 14.2. The van der Waals surface area contributed by atoms with Crippen LogP contribution in [0.4, 0.5) is 0 Å². The van der Waals surface area contributed by atoms with Crippen LogP contribution in [0.2, 0.25) is 0 Å². The highest BCUT2D eigenvalue weighted by molar-refractivity contribution is 6.21. The summed E-state index contributed by atoms with van der Waals surface area (Å²) < 4.78 is 0. The van der Waals surface area contributed by atoms with Crippen molar-refractivity contribution in [3.05, 3.63) is 70.9 Å². The van der Waals surface area contributed by atoms with E-state index >= 15 is 0 Å². The first-order chi connectivity index (χ1) is 11.7. The third-order valence-electron chi connectivity index (χ3n) is 4.38. The van der Waals surface area contributed by atoms with E-state index in [1.54, 1.807) is 30.3 Å². The lowest BCUT2D eigenvalue weighted by Crippen LogP contribution is -2.31. The maximum atomic E-state index is 12.4. The maximum Gasteiger partial charge on any atom is 0.261 e. The Hall–Kier alpha value is -3.39. The van der Waals surface area contributed by atoms with Gasteiger partial charge in [-0.2, -0.15) is 5.26 Å². The number of nitrogens with one attached hydrogen (secondary N) is 1. The van der Waals surface area contributed by atoms with Gasteiger partial charge in [0.2, 0.25) is 0 Å². The molecule has 0 unspecified atom stereocenters. The van der Waals surface area contributed by atoms with Crippen LogP contribution < -0.4 is 0 Å². The Bertz CT molecular complexity index is 992. The first-order valence-corrected chi connectivity index (χ1v) is 7.64. The molecule has 1 N–H and O–H groups in total. The first-order valence-electron chi connectivity index (χ1n) is 7.64. The van der Waals surface area contributed by atoms with Crippen LogP contribution in [0.5, 0.6) is 0 Å². The Morgan fingerprint density at radius 1 is 1.04 bits per heavy atom. The van der Waals surface area contributed by atoms with E-state index in [2.05, 4.69) is 11.1 Å². The third-order valence-corrected chi connectivity index (χ3v) is 4.38. The second-order valence-corrected chi connectivity index (χ2v) is 5.74. The molecule has 2 amide bonds. The number of H-pyrrole nitrogens is 1. The number of nitrogens with zero attached hydrogens (tertiary/aromatic N) is 2. The number of benzene rings is 2. The van der Waals surface area contributed by atoms with Crippen molar-refractivity contribution < 1.29 is 9.59 Å². The molecule has 0 bridgehead atoms. The molecular weight excluding hydrogens is 302 g/mol. The van der Waals surface area contributed by atoms with Crippen molar-refractivity contribution in [1.29, 1.82) is 5.26 Å². The van der Waals surface area contributed by atoms with Crippen LogP contribution in [-0.4, -0.2) is 28.2 Å². The van der Waals surface area contributed by atoms with E-state index in [4.69, 9.17) is 5.26 Å². The zero-order valence-electron chi connectivity index (χ0n) is 12.7. The molecule has 2 heterocycles. The van der Waals surface area contributed by atoms with Gasteiger partial charge in [0.25, 0.3) is 11.8 Å². The van der Waals surface area contributed by atoms with Gasteiger partial charge < -0.3 is 4.98 Å². The Morgan fingerprint density at radius 2 is 1.75 bits per heavy atom. The zero-order valence-corrected chi connectivity index (χ0v) is 12.7. The molecule has 0 atom stereocenters. The summed E-state index contributed by atoms with van der Waals surface area (Å²) in [5, 5.41) is 9.99. The van der Waals surface area contributed by atoms with Gasteiger partial charge in [0.1, 0.15) is 0 Å². The minimum atomic E-state index is -0.242. The standard InChI is InChI=1S/C19H13N3O2/c20-10-12-5-6-17-16(9-12)13(11-21-17)7-8-22-18(23)14-3-1-2-4-15(14)19(22)24/h1-6,9,11,21H,7-8H2. The molecule has 0 fully saturated rings. The molecule has 0 aliphatic carbocycles. The lowest BCUT2D eigenvalue weighted by Gasteiger charge is -2.13. The van der Waals surface area contributed by atoms with Gasteiger partial charge in [-0.25, -0.2) is 0 Å². The second-order valence-electron chi connectivity index (χ2n) is 5.74. The molecule has 1 aliphatic rings. The predicted octanol–water partition coefficient (Wildman–Crippen LogP) is 2.88. The molecule has 5 nitrogen and oxygen atoms in total. The van der Waals surface area contributed by atoms with Gasteiger partial charge in [-0.1, -0.05) is 12.1 Å². The number of fused-ring (bicyclic) bond motifs is 2. The predicted molar refractivity (Wildman–Crippen MR) is 88.5 cm³/mol. The Labute approximate surface area is 138 Å². The van der Waals surface area contributed by atoms with Crippen LogP contribution in [0.1, 0.15) is 31.8 Å². The monoisotopic (exact) mass is 315 g/mol. The van der Waals surface area contributed by atoms with E-state index in [0.29, 0.717) is 29.7 Å². The van der Waals surface area contributed by atoms with Crippen molar-refractivity contribution in [2.45, 2.75) is 6.42 Å². The number of nitriles is 1. The molecule has 0 saturated carbocycles. The molecule has 116 valence electrons. The molecule has 0 saturated heterocycles. The largest absolute Gasteiger partial charge is 0.361 e. The number of carbonyl (C=O) groups excluding carboxylic acids is 2. The number of imide groups is 1. The summed E-state index contributed by atoms with van der Waals surface area (Å²) >= 11 is 0. The number of carbonyl (C=O) groups is 2. The van der Waals surface area contributed by atoms with Gasteiger partial charge in [-0.15, -0.1) is 0 Å². The molecule has 4 rings (SSSR count). The summed E-state index contributed by atoms with van der Waals surface area (Å²) in [5.74, 6) is -0.485. The summed E-state index contributed by atoms with van der Waals surface area (Å²) in [6.45, 7) is 0.316. The minimum Gasteiger partial charge on any atom is -0.361 e. The molecule has 2 aromatic carbocycles. The number of rotatable bonds is 3. The van der Waals surface area contributed by atoms with Crippen molar-refractivity contribution in [1.82, 2.24) is 9.88 Å². The van der Waals surface area contributed by atoms with Gasteiger partial charge >= 0.3 is 0 Å². The van der Waals surface area contributed by atoms with Crippen LogP contribution in [0.3, 0.4) is 0 Å². The molecule has 0 spiro atoms. The van der Waals surface area contributed by atoms with E-state index in [-0.39, 0.29) is 11.8 Å². The lowest BCUT2D eigenvalue weighted by molar-refractivity contribution is 0.0656. The normalized spacial score (nSPS) is 13.4. The summed E-state index contributed by atoms with van der Waals surface area (Å²) in [6, 6.07) is 14.5. The number of aromatic nitrogens is 1. The fourth-order valence-corrected chi connectivity index (χ4v) is 3.13. The number of hydrogen-bond acceptors (Lipinski definition) is 3. The number of amides is 2.